The highest BCUT2D eigenvalue weighted by molar-refractivity contribution is 6.18. The summed E-state index contributed by atoms with van der Waals surface area (Å²) < 4.78 is 5.10. The Kier molecular flexibility index (Phi) is 3.42. The van der Waals surface area contributed by atoms with Crippen LogP contribution in [0.2, 0.25) is 0 Å². The van der Waals surface area contributed by atoms with Crippen LogP contribution >= 0.6 is 11.6 Å². The molecule has 1 atom stereocenters. The van der Waals surface area contributed by atoms with E-state index in [0.717, 1.165) is 13.1 Å². The SMILES string of the molecule is OC(CCl)N1CCOCC1. The van der Waals surface area contributed by atoms with Crippen molar-refractivity contribution in [2.24, 2.45) is 0 Å². The number of hydrogen-bond acceptors (Lipinski definition) is 3. The van der Waals surface area contributed by atoms with Crippen molar-refractivity contribution in [2.75, 3.05) is 32.2 Å². The van der Waals surface area contributed by atoms with E-state index >= 15 is 0 Å². The third kappa shape index (κ3) is 2.09. The first-order valence-corrected chi connectivity index (χ1v) is 3.94. The molecule has 1 aliphatic rings. The molecule has 0 aromatic carbocycles. The van der Waals surface area contributed by atoms with Gasteiger partial charge in [-0.05, 0) is 0 Å². The van der Waals surface area contributed by atoms with Crippen LogP contribution in [0.25, 0.3) is 0 Å². The average molecular weight is 166 g/mol. The topological polar surface area (TPSA) is 32.7 Å². The molecule has 1 saturated heterocycles. The summed E-state index contributed by atoms with van der Waals surface area (Å²) in [4.78, 5) is 1.91. The smallest absolute Gasteiger partial charge is 0.121 e. The zero-order chi connectivity index (χ0) is 7.40. The zero-order valence-electron chi connectivity index (χ0n) is 5.79. The van der Waals surface area contributed by atoms with E-state index in [0.29, 0.717) is 13.2 Å². The monoisotopic (exact) mass is 165 g/mol. The van der Waals surface area contributed by atoms with E-state index in [1.165, 1.54) is 0 Å². The van der Waals surface area contributed by atoms with Crippen LogP contribution in [0.5, 0.6) is 0 Å². The van der Waals surface area contributed by atoms with Gasteiger partial charge in [0.1, 0.15) is 6.23 Å². The minimum absolute atomic E-state index is 0.278. The van der Waals surface area contributed by atoms with E-state index in [2.05, 4.69) is 0 Å². The van der Waals surface area contributed by atoms with Gasteiger partial charge >= 0.3 is 0 Å². The Morgan fingerprint density at radius 2 is 2.10 bits per heavy atom. The van der Waals surface area contributed by atoms with E-state index in [1.54, 1.807) is 0 Å². The lowest BCUT2D eigenvalue weighted by Crippen LogP contribution is -2.44. The van der Waals surface area contributed by atoms with Crippen LogP contribution in [0.1, 0.15) is 0 Å². The van der Waals surface area contributed by atoms with Gasteiger partial charge in [-0.3, -0.25) is 4.90 Å². The molecule has 1 N–H and O–H groups in total. The van der Waals surface area contributed by atoms with Crippen molar-refractivity contribution in [1.82, 2.24) is 4.90 Å². The fraction of sp³-hybridized carbons (Fsp3) is 1.00. The molecule has 0 amide bonds. The van der Waals surface area contributed by atoms with Crippen LogP contribution in [0.3, 0.4) is 0 Å². The Bertz CT molecular complexity index is 95.7. The van der Waals surface area contributed by atoms with E-state index in [9.17, 15) is 5.11 Å². The van der Waals surface area contributed by atoms with Gasteiger partial charge in [0.2, 0.25) is 0 Å². The van der Waals surface area contributed by atoms with Crippen molar-refractivity contribution in [3.8, 4) is 0 Å². The van der Waals surface area contributed by atoms with Crippen molar-refractivity contribution < 1.29 is 9.84 Å². The summed E-state index contributed by atoms with van der Waals surface area (Å²) in [6.07, 6.45) is -0.495. The van der Waals surface area contributed by atoms with Gasteiger partial charge in [0, 0.05) is 13.1 Å². The molecule has 1 unspecified atom stereocenters. The molecule has 0 aromatic heterocycles. The number of hydrogen-bond donors (Lipinski definition) is 1. The van der Waals surface area contributed by atoms with Gasteiger partial charge in [-0.2, -0.15) is 0 Å². The zero-order valence-corrected chi connectivity index (χ0v) is 6.55. The Morgan fingerprint density at radius 3 is 2.60 bits per heavy atom. The predicted molar refractivity (Wildman–Crippen MR) is 39.1 cm³/mol. The molecule has 4 heteroatoms. The van der Waals surface area contributed by atoms with E-state index < -0.39 is 6.23 Å². The highest BCUT2D eigenvalue weighted by Gasteiger charge is 2.16. The molecule has 1 fully saturated rings. The molecule has 60 valence electrons. The van der Waals surface area contributed by atoms with E-state index in [4.69, 9.17) is 16.3 Å². The predicted octanol–water partition coefficient (Wildman–Crippen LogP) is -0.124. The molecule has 0 aromatic rings. The summed E-state index contributed by atoms with van der Waals surface area (Å²) in [5.41, 5.74) is 0. The third-order valence-corrected chi connectivity index (χ3v) is 1.88. The lowest BCUT2D eigenvalue weighted by atomic mass is 10.4. The second kappa shape index (κ2) is 4.13. The maximum atomic E-state index is 9.22. The van der Waals surface area contributed by atoms with Gasteiger partial charge in [0.25, 0.3) is 0 Å². The molecule has 1 aliphatic heterocycles. The number of rotatable bonds is 2. The summed E-state index contributed by atoms with van der Waals surface area (Å²) >= 11 is 5.45. The standard InChI is InChI=1S/C6H12ClNO2/c7-5-6(9)8-1-3-10-4-2-8/h6,9H,1-5H2. The van der Waals surface area contributed by atoms with Gasteiger partial charge in [-0.15, -0.1) is 11.6 Å². The van der Waals surface area contributed by atoms with Crippen LogP contribution in [0.4, 0.5) is 0 Å². The molecule has 3 nitrogen and oxygen atoms in total. The molecule has 10 heavy (non-hydrogen) atoms. The van der Waals surface area contributed by atoms with Gasteiger partial charge in [-0.25, -0.2) is 0 Å². The number of ether oxygens (including phenoxy) is 1. The molecule has 0 radical (unpaired) electrons. The highest BCUT2D eigenvalue weighted by atomic mass is 35.5. The molecule has 0 aliphatic carbocycles. The van der Waals surface area contributed by atoms with Crippen molar-refractivity contribution in [2.45, 2.75) is 6.23 Å². The molecule has 0 spiro atoms. The summed E-state index contributed by atoms with van der Waals surface area (Å²) in [5.74, 6) is 0.278. The fourth-order valence-corrected chi connectivity index (χ4v) is 1.17. The van der Waals surface area contributed by atoms with Gasteiger partial charge in [-0.1, -0.05) is 0 Å². The van der Waals surface area contributed by atoms with Crippen LogP contribution in [0.15, 0.2) is 0 Å². The minimum Gasteiger partial charge on any atom is -0.379 e. The maximum Gasteiger partial charge on any atom is 0.121 e. The number of halogens is 1. The van der Waals surface area contributed by atoms with Crippen LogP contribution in [0, 0.1) is 0 Å². The van der Waals surface area contributed by atoms with Crippen LogP contribution in [-0.4, -0.2) is 48.4 Å². The number of aliphatic hydroxyl groups is 1. The van der Waals surface area contributed by atoms with Crippen molar-refractivity contribution in [1.29, 1.82) is 0 Å². The molecule has 1 rings (SSSR count). The summed E-state index contributed by atoms with van der Waals surface area (Å²) in [6.45, 7) is 2.98. The summed E-state index contributed by atoms with van der Waals surface area (Å²) in [6, 6.07) is 0. The highest BCUT2D eigenvalue weighted by Crippen LogP contribution is 2.02. The second-order valence-corrected chi connectivity index (χ2v) is 2.59. The van der Waals surface area contributed by atoms with Crippen molar-refractivity contribution in [3.63, 3.8) is 0 Å². The first-order valence-electron chi connectivity index (χ1n) is 3.40. The Balaban J connectivity index is 2.24. The van der Waals surface area contributed by atoms with Crippen molar-refractivity contribution >= 4 is 11.6 Å². The molecule has 1 heterocycles. The Hall–Kier alpha value is 0.170. The van der Waals surface area contributed by atoms with Crippen LogP contribution in [-0.2, 0) is 4.74 Å². The van der Waals surface area contributed by atoms with Gasteiger partial charge in [0.05, 0.1) is 19.1 Å². The quantitative estimate of drug-likeness (QED) is 0.579. The van der Waals surface area contributed by atoms with Gasteiger partial charge < -0.3 is 9.84 Å². The first-order chi connectivity index (χ1) is 4.84. The number of nitrogens with zero attached hydrogens (tertiary/aromatic N) is 1. The lowest BCUT2D eigenvalue weighted by molar-refractivity contribution is -0.0473. The third-order valence-electron chi connectivity index (χ3n) is 1.61. The van der Waals surface area contributed by atoms with E-state index in [1.807, 2.05) is 4.90 Å². The number of morpholine rings is 1. The largest absolute Gasteiger partial charge is 0.379 e. The van der Waals surface area contributed by atoms with Gasteiger partial charge in [0.15, 0.2) is 0 Å². The molecule has 0 bridgehead atoms. The normalized spacial score (nSPS) is 24.6. The molecular weight excluding hydrogens is 154 g/mol. The maximum absolute atomic E-state index is 9.22. The van der Waals surface area contributed by atoms with E-state index in [-0.39, 0.29) is 5.88 Å². The van der Waals surface area contributed by atoms with Crippen LogP contribution < -0.4 is 0 Å². The second-order valence-electron chi connectivity index (χ2n) is 2.28. The molecular formula is C6H12ClNO2. The number of aliphatic hydroxyl groups excluding tert-OH is 1. The first kappa shape index (κ1) is 8.27. The average Bonchev–Trinajstić information content (AvgIpc) is 2.05. The summed E-state index contributed by atoms with van der Waals surface area (Å²) in [5, 5.41) is 9.22. The number of alkyl halides is 1. The lowest BCUT2D eigenvalue weighted by Gasteiger charge is -2.29. The Morgan fingerprint density at radius 1 is 1.50 bits per heavy atom. The Labute approximate surface area is 65.5 Å². The minimum atomic E-state index is -0.495. The van der Waals surface area contributed by atoms with Crippen molar-refractivity contribution in [3.05, 3.63) is 0 Å². The molecule has 0 saturated carbocycles. The summed E-state index contributed by atoms with van der Waals surface area (Å²) in [7, 11) is 0. The fourth-order valence-electron chi connectivity index (χ4n) is 0.973.